The monoisotopic (exact) mass is 279 g/mol. The molecule has 0 amide bonds. The van der Waals surface area contributed by atoms with E-state index in [9.17, 15) is 4.79 Å². The molecule has 0 unspecified atom stereocenters. The summed E-state index contributed by atoms with van der Waals surface area (Å²) in [6.07, 6.45) is 0. The molecule has 0 aliphatic carbocycles. The third-order valence-corrected chi connectivity index (χ3v) is 4.57. The number of piperidine rings is 1. The smallest absolute Gasteiger partial charge is 0.142 e. The summed E-state index contributed by atoms with van der Waals surface area (Å²) in [6, 6.07) is 20.7. The summed E-state index contributed by atoms with van der Waals surface area (Å²) in [4.78, 5) is 12.7. The summed E-state index contributed by atoms with van der Waals surface area (Å²) in [6.45, 7) is 4.06. The Bertz CT molecular complexity index is 554. The lowest BCUT2D eigenvalue weighted by atomic mass is 9.76. The molecule has 21 heavy (non-hydrogen) atoms. The van der Waals surface area contributed by atoms with Gasteiger partial charge >= 0.3 is 0 Å². The van der Waals surface area contributed by atoms with Gasteiger partial charge < -0.3 is 5.32 Å². The van der Waals surface area contributed by atoms with Gasteiger partial charge in [0.05, 0.1) is 0 Å². The number of ketones is 1. The lowest BCUT2D eigenvalue weighted by molar-refractivity contribution is -0.130. The minimum Gasteiger partial charge on any atom is -0.302 e. The molecular weight excluding hydrogens is 258 g/mol. The van der Waals surface area contributed by atoms with Crippen LogP contribution in [-0.2, 0) is 4.79 Å². The van der Waals surface area contributed by atoms with Crippen molar-refractivity contribution in [3.63, 3.8) is 0 Å². The maximum Gasteiger partial charge on any atom is 0.142 e. The van der Waals surface area contributed by atoms with Gasteiger partial charge in [-0.1, -0.05) is 74.5 Å². The molecule has 0 bridgehead atoms. The molecule has 1 saturated heterocycles. The van der Waals surface area contributed by atoms with E-state index in [4.69, 9.17) is 0 Å². The van der Waals surface area contributed by atoms with Gasteiger partial charge in [0.2, 0.25) is 0 Å². The molecule has 0 spiro atoms. The zero-order valence-electron chi connectivity index (χ0n) is 12.5. The first-order valence-electron chi connectivity index (χ1n) is 7.58. The van der Waals surface area contributed by atoms with Crippen LogP contribution in [0.15, 0.2) is 60.7 Å². The molecule has 0 saturated carbocycles. The average molecular weight is 279 g/mol. The Morgan fingerprint density at radius 3 is 1.48 bits per heavy atom. The Hall–Kier alpha value is -1.93. The summed E-state index contributed by atoms with van der Waals surface area (Å²) in [7, 11) is 0. The Labute approximate surface area is 126 Å². The topological polar surface area (TPSA) is 29.1 Å². The van der Waals surface area contributed by atoms with E-state index in [-0.39, 0.29) is 23.9 Å². The normalized spacial score (nSPS) is 29.3. The van der Waals surface area contributed by atoms with Gasteiger partial charge in [-0.05, 0) is 11.1 Å². The van der Waals surface area contributed by atoms with Crippen LogP contribution in [0.1, 0.15) is 37.1 Å². The first kappa shape index (κ1) is 14.0. The Morgan fingerprint density at radius 1 is 0.714 bits per heavy atom. The van der Waals surface area contributed by atoms with E-state index >= 15 is 0 Å². The van der Waals surface area contributed by atoms with Gasteiger partial charge in [0.15, 0.2) is 0 Å². The number of nitrogens with one attached hydrogen (secondary N) is 1. The van der Waals surface area contributed by atoms with Gasteiger partial charge in [0, 0.05) is 23.9 Å². The van der Waals surface area contributed by atoms with Gasteiger partial charge in [-0.15, -0.1) is 0 Å². The molecule has 2 nitrogen and oxygen atoms in total. The van der Waals surface area contributed by atoms with Crippen LogP contribution in [-0.4, -0.2) is 5.78 Å². The first-order valence-corrected chi connectivity index (χ1v) is 7.58. The highest BCUT2D eigenvalue weighted by atomic mass is 16.1. The molecule has 1 aliphatic heterocycles. The average Bonchev–Trinajstić information content (AvgIpc) is 2.55. The van der Waals surface area contributed by atoms with Crippen molar-refractivity contribution in [2.45, 2.75) is 25.9 Å². The maximum absolute atomic E-state index is 12.7. The quantitative estimate of drug-likeness (QED) is 0.903. The number of hydrogen-bond acceptors (Lipinski definition) is 2. The zero-order chi connectivity index (χ0) is 14.8. The van der Waals surface area contributed by atoms with Gasteiger partial charge in [-0.3, -0.25) is 4.79 Å². The molecule has 1 N–H and O–H groups in total. The second-order valence-corrected chi connectivity index (χ2v) is 5.92. The number of rotatable bonds is 2. The number of hydrogen-bond donors (Lipinski definition) is 1. The molecule has 2 aromatic carbocycles. The Kier molecular flexibility index (Phi) is 3.89. The van der Waals surface area contributed by atoms with Crippen molar-refractivity contribution < 1.29 is 4.79 Å². The van der Waals surface area contributed by atoms with Crippen LogP contribution >= 0.6 is 0 Å². The second kappa shape index (κ2) is 5.82. The third kappa shape index (κ3) is 2.64. The minimum atomic E-state index is 0.00219. The highest BCUT2D eigenvalue weighted by Crippen LogP contribution is 2.37. The first-order chi connectivity index (χ1) is 10.2. The number of carbonyl (C=O) groups is 1. The van der Waals surface area contributed by atoms with Crippen LogP contribution in [0.4, 0.5) is 0 Å². The predicted octanol–water partition coefficient (Wildman–Crippen LogP) is 3.91. The van der Waals surface area contributed by atoms with Gasteiger partial charge in [0.1, 0.15) is 5.78 Å². The number of benzene rings is 2. The molecule has 1 heterocycles. The van der Waals surface area contributed by atoms with Crippen molar-refractivity contribution in [2.75, 3.05) is 0 Å². The van der Waals surface area contributed by atoms with Crippen LogP contribution in [0.5, 0.6) is 0 Å². The zero-order valence-corrected chi connectivity index (χ0v) is 12.5. The summed E-state index contributed by atoms with van der Waals surface area (Å²) >= 11 is 0. The SMILES string of the molecule is C[C@@H]1C(=O)[C@H](C)[C@H](c2ccccc2)N[C@@H]1c1ccccc1. The fourth-order valence-electron chi connectivity index (χ4n) is 3.32. The molecule has 4 atom stereocenters. The minimum absolute atomic E-state index is 0.00219. The van der Waals surface area contributed by atoms with Crippen LogP contribution in [0.2, 0.25) is 0 Å². The summed E-state index contributed by atoms with van der Waals surface area (Å²) in [5.41, 5.74) is 2.37. The maximum atomic E-state index is 12.7. The van der Waals surface area contributed by atoms with E-state index < -0.39 is 0 Å². The highest BCUT2D eigenvalue weighted by Gasteiger charge is 2.39. The van der Waals surface area contributed by atoms with E-state index in [1.54, 1.807) is 0 Å². The molecule has 1 fully saturated rings. The third-order valence-electron chi connectivity index (χ3n) is 4.57. The predicted molar refractivity (Wildman–Crippen MR) is 84.8 cm³/mol. The number of Topliss-reactive ketones (excluding diaryl/α,β-unsaturated/α-hetero) is 1. The molecule has 0 radical (unpaired) electrons. The van der Waals surface area contributed by atoms with E-state index in [1.807, 2.05) is 50.2 Å². The molecule has 108 valence electrons. The molecule has 2 heteroatoms. The fraction of sp³-hybridized carbons (Fsp3) is 0.316. The van der Waals surface area contributed by atoms with Crippen molar-refractivity contribution in [1.82, 2.24) is 5.32 Å². The van der Waals surface area contributed by atoms with E-state index in [0.29, 0.717) is 5.78 Å². The van der Waals surface area contributed by atoms with Crippen molar-refractivity contribution in [1.29, 1.82) is 0 Å². The molecule has 1 aliphatic rings. The lowest BCUT2D eigenvalue weighted by Crippen LogP contribution is -2.46. The van der Waals surface area contributed by atoms with Gasteiger partial charge in [-0.2, -0.15) is 0 Å². The van der Waals surface area contributed by atoms with Crippen molar-refractivity contribution in [3.8, 4) is 0 Å². The van der Waals surface area contributed by atoms with Crippen LogP contribution in [0.3, 0.4) is 0 Å². The fourth-order valence-corrected chi connectivity index (χ4v) is 3.32. The van der Waals surface area contributed by atoms with Crippen molar-refractivity contribution in [2.24, 2.45) is 11.8 Å². The van der Waals surface area contributed by atoms with Crippen molar-refractivity contribution >= 4 is 5.78 Å². The van der Waals surface area contributed by atoms with Crippen molar-refractivity contribution in [3.05, 3.63) is 71.8 Å². The lowest BCUT2D eigenvalue weighted by Gasteiger charge is -2.39. The summed E-state index contributed by atoms with van der Waals surface area (Å²) in [5.74, 6) is 0.348. The van der Waals surface area contributed by atoms with E-state index in [2.05, 4.69) is 29.6 Å². The standard InChI is InChI=1S/C19H21NO/c1-13-17(15-9-5-3-6-10-15)20-18(14(2)19(13)21)16-11-7-4-8-12-16/h3-14,17-18,20H,1-2H3/t13-,14+,17-,18+. The van der Waals surface area contributed by atoms with Crippen LogP contribution < -0.4 is 5.32 Å². The molecule has 2 aromatic rings. The highest BCUT2D eigenvalue weighted by molar-refractivity contribution is 5.85. The molecule has 0 aromatic heterocycles. The Balaban J connectivity index is 1.95. The number of carbonyl (C=O) groups excluding carboxylic acids is 1. The molecular formula is C19H21NO. The van der Waals surface area contributed by atoms with Crippen LogP contribution in [0, 0.1) is 11.8 Å². The second-order valence-electron chi connectivity index (χ2n) is 5.92. The largest absolute Gasteiger partial charge is 0.302 e. The van der Waals surface area contributed by atoms with Gasteiger partial charge in [0.25, 0.3) is 0 Å². The van der Waals surface area contributed by atoms with E-state index in [0.717, 1.165) is 0 Å². The molecule has 3 rings (SSSR count). The Morgan fingerprint density at radius 2 is 1.10 bits per heavy atom. The summed E-state index contributed by atoms with van der Waals surface area (Å²) < 4.78 is 0. The van der Waals surface area contributed by atoms with E-state index in [1.165, 1.54) is 11.1 Å². The summed E-state index contributed by atoms with van der Waals surface area (Å²) in [5, 5.41) is 3.70. The van der Waals surface area contributed by atoms with Gasteiger partial charge in [-0.25, -0.2) is 0 Å². The van der Waals surface area contributed by atoms with Crippen LogP contribution in [0.25, 0.3) is 0 Å².